The predicted octanol–water partition coefficient (Wildman–Crippen LogP) is 5.41. The highest BCUT2D eigenvalue weighted by atomic mass is 16.6. The van der Waals surface area contributed by atoms with Gasteiger partial charge in [0.2, 0.25) is 5.91 Å². The number of benzene rings is 1. The first kappa shape index (κ1) is 19.4. The van der Waals surface area contributed by atoms with E-state index in [-0.39, 0.29) is 5.91 Å². The van der Waals surface area contributed by atoms with Crippen molar-refractivity contribution in [3.05, 3.63) is 41.5 Å². The largest absolute Gasteiger partial charge is 0.273 e. The lowest BCUT2D eigenvalue weighted by molar-refractivity contribution is -0.134. The maximum atomic E-state index is 11.7. The minimum Gasteiger partial charge on any atom is -0.273 e. The van der Waals surface area contributed by atoms with Gasteiger partial charge in [-0.3, -0.25) is 9.63 Å². The summed E-state index contributed by atoms with van der Waals surface area (Å²) in [5.41, 5.74) is 4.73. The topological polar surface area (TPSA) is 38.3 Å². The van der Waals surface area contributed by atoms with Crippen LogP contribution in [0.15, 0.2) is 30.3 Å². The molecular weight excluding hydrogens is 286 g/mol. The monoisotopic (exact) mass is 317 g/mol. The molecule has 3 nitrogen and oxygen atoms in total. The van der Waals surface area contributed by atoms with Crippen molar-refractivity contribution in [3.63, 3.8) is 0 Å². The number of hydroxylamine groups is 1. The van der Waals surface area contributed by atoms with E-state index >= 15 is 0 Å². The Kier molecular flexibility index (Phi) is 10.9. The summed E-state index contributed by atoms with van der Waals surface area (Å²) in [7, 11) is 0. The van der Waals surface area contributed by atoms with Crippen molar-refractivity contribution in [2.75, 3.05) is 0 Å². The molecule has 128 valence electrons. The zero-order valence-corrected chi connectivity index (χ0v) is 14.6. The van der Waals surface area contributed by atoms with Crippen LogP contribution >= 0.6 is 0 Å². The molecule has 0 heterocycles. The smallest absolute Gasteiger partial charge is 0.243 e. The Hall–Kier alpha value is -1.61. The number of hydrogen-bond donors (Lipinski definition) is 1. The van der Waals surface area contributed by atoms with Crippen molar-refractivity contribution < 1.29 is 9.63 Å². The molecule has 0 fully saturated rings. The second-order valence-corrected chi connectivity index (χ2v) is 5.93. The molecule has 0 saturated carbocycles. The lowest BCUT2D eigenvalue weighted by Crippen LogP contribution is -2.23. The molecule has 0 aromatic heterocycles. The second kappa shape index (κ2) is 12.9. The summed E-state index contributed by atoms with van der Waals surface area (Å²) in [6.45, 7) is 4.61. The van der Waals surface area contributed by atoms with Crippen LogP contribution in [0.2, 0.25) is 0 Å². The molecule has 1 amide bonds. The van der Waals surface area contributed by atoms with Crippen LogP contribution in [0.3, 0.4) is 0 Å². The molecular formula is C20H31NO2. The maximum Gasteiger partial charge on any atom is 0.243 e. The standard InChI is InChI=1S/C20H31NO2/c1-3-5-6-7-8-9-10-15-20(22)21-23-17-19-14-11-13-18(16-19)12-4-2/h4,11-14,16H,3,5-10,15,17H2,1-2H3,(H,21,22)/b12-4+. The number of allylic oxidation sites excluding steroid dienone is 1. The van der Waals surface area contributed by atoms with Crippen molar-refractivity contribution >= 4 is 12.0 Å². The first-order valence-electron chi connectivity index (χ1n) is 8.88. The Bertz CT molecular complexity index is 468. The number of rotatable bonds is 12. The fraction of sp³-hybridized carbons (Fsp3) is 0.550. The molecule has 0 atom stereocenters. The molecule has 0 aliphatic carbocycles. The highest BCUT2D eigenvalue weighted by molar-refractivity contribution is 5.74. The Morgan fingerprint density at radius 3 is 2.61 bits per heavy atom. The van der Waals surface area contributed by atoms with E-state index in [1.54, 1.807) is 0 Å². The van der Waals surface area contributed by atoms with Crippen LogP contribution in [0.1, 0.15) is 76.3 Å². The molecule has 0 aliphatic rings. The molecule has 23 heavy (non-hydrogen) atoms. The molecule has 1 rings (SSSR count). The van der Waals surface area contributed by atoms with E-state index in [0.717, 1.165) is 24.0 Å². The van der Waals surface area contributed by atoms with Gasteiger partial charge in [-0.25, -0.2) is 5.48 Å². The average Bonchev–Trinajstić information content (AvgIpc) is 2.55. The Balaban J connectivity index is 2.08. The van der Waals surface area contributed by atoms with E-state index in [0.29, 0.717) is 13.0 Å². The van der Waals surface area contributed by atoms with Crippen LogP contribution in [-0.4, -0.2) is 5.91 Å². The van der Waals surface area contributed by atoms with Crippen LogP contribution in [-0.2, 0) is 16.2 Å². The first-order chi connectivity index (χ1) is 11.3. The first-order valence-corrected chi connectivity index (χ1v) is 8.88. The Morgan fingerprint density at radius 1 is 1.13 bits per heavy atom. The fourth-order valence-electron chi connectivity index (χ4n) is 2.47. The van der Waals surface area contributed by atoms with Gasteiger partial charge in [-0.05, 0) is 30.5 Å². The minimum absolute atomic E-state index is 0.0248. The quantitative estimate of drug-likeness (QED) is 0.413. The van der Waals surface area contributed by atoms with E-state index in [9.17, 15) is 4.79 Å². The summed E-state index contributed by atoms with van der Waals surface area (Å²) in [5, 5.41) is 0. The molecule has 0 aliphatic heterocycles. The number of amides is 1. The molecule has 0 unspecified atom stereocenters. The van der Waals surface area contributed by atoms with Gasteiger partial charge >= 0.3 is 0 Å². The van der Waals surface area contributed by atoms with E-state index in [2.05, 4.69) is 18.5 Å². The van der Waals surface area contributed by atoms with Crippen LogP contribution in [0, 0.1) is 0 Å². The van der Waals surface area contributed by atoms with Crippen LogP contribution < -0.4 is 5.48 Å². The van der Waals surface area contributed by atoms with Gasteiger partial charge in [0.25, 0.3) is 0 Å². The molecule has 0 bridgehead atoms. The normalized spacial score (nSPS) is 11.0. The molecule has 1 N–H and O–H groups in total. The van der Waals surface area contributed by atoms with Crippen LogP contribution in [0.25, 0.3) is 6.08 Å². The van der Waals surface area contributed by atoms with Crippen molar-refractivity contribution in [3.8, 4) is 0 Å². The van der Waals surface area contributed by atoms with Gasteiger partial charge in [0.05, 0.1) is 6.61 Å². The van der Waals surface area contributed by atoms with Crippen LogP contribution in [0.5, 0.6) is 0 Å². The van der Waals surface area contributed by atoms with E-state index < -0.39 is 0 Å². The minimum atomic E-state index is -0.0248. The second-order valence-electron chi connectivity index (χ2n) is 5.93. The van der Waals surface area contributed by atoms with E-state index in [4.69, 9.17) is 4.84 Å². The third-order valence-corrected chi connectivity index (χ3v) is 3.74. The summed E-state index contributed by atoms with van der Waals surface area (Å²) >= 11 is 0. The summed E-state index contributed by atoms with van der Waals surface area (Å²) < 4.78 is 0. The van der Waals surface area contributed by atoms with E-state index in [1.807, 2.05) is 37.3 Å². The van der Waals surface area contributed by atoms with Gasteiger partial charge in [0, 0.05) is 6.42 Å². The molecule has 1 aromatic rings. The highest BCUT2D eigenvalue weighted by Gasteiger charge is 2.02. The average molecular weight is 317 g/mol. The van der Waals surface area contributed by atoms with Crippen molar-refractivity contribution in [1.82, 2.24) is 5.48 Å². The number of nitrogens with one attached hydrogen (secondary N) is 1. The van der Waals surface area contributed by atoms with Crippen molar-refractivity contribution in [1.29, 1.82) is 0 Å². The molecule has 0 saturated heterocycles. The zero-order valence-electron chi connectivity index (χ0n) is 14.6. The van der Waals surface area contributed by atoms with Gasteiger partial charge in [-0.2, -0.15) is 0 Å². The van der Waals surface area contributed by atoms with Gasteiger partial charge in [-0.15, -0.1) is 0 Å². The third-order valence-electron chi connectivity index (χ3n) is 3.74. The summed E-state index contributed by atoms with van der Waals surface area (Å²) in [5.74, 6) is -0.0248. The molecule has 1 aromatic carbocycles. The summed E-state index contributed by atoms with van der Waals surface area (Å²) in [4.78, 5) is 17.0. The van der Waals surface area contributed by atoms with E-state index in [1.165, 1.54) is 32.1 Å². The third kappa shape index (κ3) is 9.90. The zero-order chi connectivity index (χ0) is 16.8. The fourth-order valence-corrected chi connectivity index (χ4v) is 2.47. The lowest BCUT2D eigenvalue weighted by Gasteiger charge is -2.07. The molecule has 3 heteroatoms. The van der Waals surface area contributed by atoms with Crippen molar-refractivity contribution in [2.45, 2.75) is 71.8 Å². The molecule has 0 radical (unpaired) electrons. The summed E-state index contributed by atoms with van der Waals surface area (Å²) in [6.07, 6.45) is 13.1. The number of unbranched alkanes of at least 4 members (excludes halogenated alkanes) is 6. The number of carbonyl (C=O) groups excluding carboxylic acids is 1. The number of carbonyl (C=O) groups is 1. The maximum absolute atomic E-state index is 11.7. The van der Waals surface area contributed by atoms with Crippen LogP contribution in [0.4, 0.5) is 0 Å². The highest BCUT2D eigenvalue weighted by Crippen LogP contribution is 2.09. The van der Waals surface area contributed by atoms with Crippen molar-refractivity contribution in [2.24, 2.45) is 0 Å². The SMILES string of the molecule is C/C=C/c1cccc(CONC(=O)CCCCCCCCC)c1. The van der Waals surface area contributed by atoms with Gasteiger partial charge in [0.1, 0.15) is 0 Å². The molecule has 0 spiro atoms. The number of hydrogen-bond acceptors (Lipinski definition) is 2. The lowest BCUT2D eigenvalue weighted by atomic mass is 10.1. The summed E-state index contributed by atoms with van der Waals surface area (Å²) in [6, 6.07) is 8.09. The Labute approximate surface area is 141 Å². The van der Waals surface area contributed by atoms with Gasteiger partial charge in [0.15, 0.2) is 0 Å². The van der Waals surface area contributed by atoms with Gasteiger partial charge in [-0.1, -0.05) is 75.8 Å². The van der Waals surface area contributed by atoms with Gasteiger partial charge < -0.3 is 0 Å². The Morgan fingerprint density at radius 2 is 1.87 bits per heavy atom. The predicted molar refractivity (Wildman–Crippen MR) is 96.7 cm³/mol.